The fraction of sp³-hybridized carbons (Fsp3) is 0.677. The molecule has 0 aromatic carbocycles. The van der Waals surface area contributed by atoms with Crippen LogP contribution in [-0.4, -0.2) is 150 Å². The normalized spacial score (nSPS) is 34.9. The van der Waals surface area contributed by atoms with E-state index in [1.165, 1.54) is 17.2 Å². The highest BCUT2D eigenvalue weighted by molar-refractivity contribution is 7.47. The van der Waals surface area contributed by atoms with Crippen molar-refractivity contribution in [1.29, 1.82) is 0 Å². The Bertz CT molecular complexity index is 1480. The van der Waals surface area contributed by atoms with Crippen LogP contribution < -0.4 is 11.1 Å². The number of hydrogen-bond acceptors (Lipinski definition) is 18. The molecule has 7 unspecified atom stereocenters. The molecule has 53 heavy (non-hydrogen) atoms. The first-order valence-corrected chi connectivity index (χ1v) is 18.3. The molecule has 0 bridgehead atoms. The van der Waals surface area contributed by atoms with Crippen LogP contribution in [0.15, 0.2) is 41.8 Å². The minimum absolute atomic E-state index is 0.0376. The number of aliphatic hydroxyl groups is 6. The zero-order chi connectivity index (χ0) is 39.1. The fourth-order valence-corrected chi connectivity index (χ4v) is 7.23. The van der Waals surface area contributed by atoms with Gasteiger partial charge in [0.2, 0.25) is 0 Å². The molecule has 4 rings (SSSR count). The number of alkyl carbamates (subject to hydrolysis) is 1. The highest BCUT2D eigenvalue weighted by Gasteiger charge is 2.59. The smallest absolute Gasteiger partial charge is 0.475 e. The summed E-state index contributed by atoms with van der Waals surface area (Å²) in [5.41, 5.74) is 5.61. The first-order valence-electron chi connectivity index (χ1n) is 16.8. The number of nitrogens with two attached hydrogens (primary N) is 1. The molecule has 1 amide bonds. The van der Waals surface area contributed by atoms with E-state index in [4.69, 9.17) is 29.0 Å². The monoisotopic (exact) mass is 778 g/mol. The molecule has 0 spiro atoms. The Labute approximate surface area is 303 Å². The van der Waals surface area contributed by atoms with Crippen LogP contribution >= 0.6 is 7.82 Å². The average Bonchev–Trinajstić information content (AvgIpc) is 3.36. The first kappa shape index (κ1) is 42.4. The second-order valence-corrected chi connectivity index (χ2v) is 14.4. The second kappa shape index (κ2) is 18.3. The highest BCUT2D eigenvalue weighted by atomic mass is 31.2. The number of aliphatic carboxylic acids is 1. The molecule has 21 nitrogen and oxygen atoms in total. The first-order chi connectivity index (χ1) is 25.0. The maximum absolute atomic E-state index is 13.1. The number of rotatable bonds is 15. The van der Waals surface area contributed by atoms with E-state index in [1.807, 2.05) is 12.2 Å². The van der Waals surface area contributed by atoms with Crippen LogP contribution in [0.2, 0.25) is 0 Å². The van der Waals surface area contributed by atoms with Crippen molar-refractivity contribution in [2.75, 3.05) is 19.8 Å². The number of phosphoric ester groups is 1. The number of amidine groups is 1. The van der Waals surface area contributed by atoms with Crippen molar-refractivity contribution < 1.29 is 82.8 Å². The largest absolute Gasteiger partial charge is 0.477 e. The Balaban J connectivity index is 1.41. The topological polar surface area (TPSA) is 330 Å². The van der Waals surface area contributed by atoms with Crippen LogP contribution in [0.5, 0.6) is 0 Å². The molecule has 0 aromatic heterocycles. The lowest BCUT2D eigenvalue weighted by Crippen LogP contribution is -2.62. The van der Waals surface area contributed by atoms with Crippen molar-refractivity contribution in [1.82, 2.24) is 10.2 Å². The van der Waals surface area contributed by atoms with Crippen LogP contribution in [0.1, 0.15) is 44.9 Å². The number of aliphatic imine (C=N–C) groups is 1. The zero-order valence-corrected chi connectivity index (χ0v) is 29.4. The van der Waals surface area contributed by atoms with Gasteiger partial charge in [-0.15, -0.1) is 0 Å². The third kappa shape index (κ3) is 10.9. The molecule has 298 valence electrons. The Morgan fingerprint density at radius 1 is 1.17 bits per heavy atom. The van der Waals surface area contributed by atoms with Gasteiger partial charge in [-0.2, -0.15) is 0 Å². The molecule has 4 aliphatic rings. The number of aliphatic hydroxyl groups excluding tert-OH is 6. The third-order valence-corrected chi connectivity index (χ3v) is 10.1. The molecule has 3 heterocycles. The standard InChI is InChI=1S/C31H47N4O17P/c1-16-34-23(32)9-10-35(16)28-26(42)25(41)22(50-28)15-48-53(46,47)52-31(29(43)44)12-20(38)19(27(51-31)24(40)21(39)14-36)11-17(37)13-33-30(45)49-18-7-5-3-2-4-6-8-18/h2-3,9-10,18-22,24-28,36,38-42H,1,4-8,11-15H2,(H2,32,34)(H,33,45)(H,43,44)(H,46,47)/b3-2+/t18?,19?,20?,21-,22-,24-,25+,26?,27?,28-,31?/m1/s1. The summed E-state index contributed by atoms with van der Waals surface area (Å²) in [6.07, 6.45) is -6.96. The third-order valence-electron chi connectivity index (χ3n) is 9.09. The number of nitrogens with zero attached hydrogens (tertiary/aromatic N) is 2. The van der Waals surface area contributed by atoms with Crippen molar-refractivity contribution in [2.45, 2.75) is 106 Å². The summed E-state index contributed by atoms with van der Waals surface area (Å²) in [4.78, 5) is 53.6. The fourth-order valence-electron chi connectivity index (χ4n) is 6.28. The number of carboxylic acids is 1. The molecule has 0 radical (unpaired) electrons. The van der Waals surface area contributed by atoms with Gasteiger partial charge in [0.05, 0.1) is 32.0 Å². The van der Waals surface area contributed by atoms with Crippen molar-refractivity contribution in [3.63, 3.8) is 0 Å². The number of ketones is 1. The maximum Gasteiger partial charge on any atom is 0.475 e. The second-order valence-electron chi connectivity index (χ2n) is 13.0. The summed E-state index contributed by atoms with van der Waals surface area (Å²) in [5.74, 6) is -7.43. The van der Waals surface area contributed by atoms with Crippen molar-refractivity contribution >= 4 is 31.5 Å². The summed E-state index contributed by atoms with van der Waals surface area (Å²) in [5, 5.41) is 75.1. The lowest BCUT2D eigenvalue weighted by atomic mass is 9.80. The van der Waals surface area contributed by atoms with Gasteiger partial charge in [0, 0.05) is 25.0 Å². The van der Waals surface area contributed by atoms with E-state index in [-0.39, 0.29) is 17.8 Å². The molecule has 3 aliphatic heterocycles. The molecule has 1 aliphatic carbocycles. The van der Waals surface area contributed by atoms with E-state index in [1.54, 1.807) is 0 Å². The van der Waals surface area contributed by atoms with Crippen LogP contribution in [0.3, 0.4) is 0 Å². The van der Waals surface area contributed by atoms with Gasteiger partial charge in [0.25, 0.3) is 5.79 Å². The predicted octanol–water partition coefficient (Wildman–Crippen LogP) is -1.94. The number of amides is 1. The molecular formula is C31H47N4O17P. The van der Waals surface area contributed by atoms with Crippen LogP contribution in [-0.2, 0) is 37.4 Å². The van der Waals surface area contributed by atoms with E-state index in [9.17, 15) is 59.6 Å². The molecule has 0 saturated carbocycles. The number of phosphoric acid groups is 1. The Morgan fingerprint density at radius 2 is 1.89 bits per heavy atom. The average molecular weight is 779 g/mol. The molecule has 11 N–H and O–H groups in total. The van der Waals surface area contributed by atoms with Gasteiger partial charge >= 0.3 is 19.9 Å². The van der Waals surface area contributed by atoms with Gasteiger partial charge in [-0.25, -0.2) is 23.7 Å². The number of carboxylic acid groups (broad SMARTS) is 1. The predicted molar refractivity (Wildman–Crippen MR) is 178 cm³/mol. The number of Topliss-reactive ketones (excluding diaryl/α,β-unsaturated/α-hetero) is 1. The van der Waals surface area contributed by atoms with E-state index < -0.39 is 119 Å². The van der Waals surface area contributed by atoms with Gasteiger partial charge in [0.15, 0.2) is 12.0 Å². The SMILES string of the molecule is C=C1N=C(N)C=CN1[C@@H]1O[C@H](COP(=O)(O)OC2(C(=O)O)CC(O)C(CC(=O)CNC(=O)OC3CC/C=C/CCC3)C([C@H](O)[C@H](O)CO)O2)[C@H](O)C1O. The summed E-state index contributed by atoms with van der Waals surface area (Å²) < 4.78 is 39.4. The minimum atomic E-state index is -5.55. The van der Waals surface area contributed by atoms with E-state index in [0.29, 0.717) is 19.3 Å². The van der Waals surface area contributed by atoms with E-state index >= 15 is 0 Å². The molecule has 12 atom stereocenters. The number of ether oxygens (including phenoxy) is 3. The lowest BCUT2D eigenvalue weighted by Gasteiger charge is -2.46. The quantitative estimate of drug-likeness (QED) is 0.0638. The maximum atomic E-state index is 13.1. The Hall–Kier alpha value is -3.31. The number of carbonyl (C=O) groups is 3. The van der Waals surface area contributed by atoms with Gasteiger partial charge in [-0.3, -0.25) is 9.32 Å². The van der Waals surface area contributed by atoms with Crippen LogP contribution in [0, 0.1) is 5.92 Å². The van der Waals surface area contributed by atoms with Crippen molar-refractivity contribution in [3.8, 4) is 0 Å². The summed E-state index contributed by atoms with van der Waals surface area (Å²) in [6, 6.07) is 0. The molecule has 2 fully saturated rings. The number of nitrogens with one attached hydrogen (secondary N) is 1. The Morgan fingerprint density at radius 3 is 2.57 bits per heavy atom. The molecule has 22 heteroatoms. The number of hydrogen-bond donors (Lipinski definition) is 10. The van der Waals surface area contributed by atoms with Crippen LogP contribution in [0.25, 0.3) is 0 Å². The molecule has 2 saturated heterocycles. The minimum Gasteiger partial charge on any atom is -0.477 e. The summed E-state index contributed by atoms with van der Waals surface area (Å²) in [6.45, 7) is 1.02. The molecular weight excluding hydrogens is 731 g/mol. The van der Waals surface area contributed by atoms with Gasteiger partial charge in [-0.05, 0) is 38.2 Å². The van der Waals surface area contributed by atoms with Crippen molar-refractivity contribution in [3.05, 3.63) is 36.8 Å². The van der Waals surface area contributed by atoms with E-state index in [2.05, 4.69) is 16.9 Å². The number of allylic oxidation sites excluding steroid dienone is 2. The summed E-state index contributed by atoms with van der Waals surface area (Å²) in [7, 11) is -5.55. The Kier molecular flexibility index (Phi) is 14.7. The zero-order valence-electron chi connectivity index (χ0n) is 28.5. The van der Waals surface area contributed by atoms with Gasteiger partial charge < -0.3 is 70.8 Å². The van der Waals surface area contributed by atoms with E-state index in [0.717, 1.165) is 12.8 Å². The number of carbonyl (C=O) groups excluding carboxylic acids is 2. The highest BCUT2D eigenvalue weighted by Crippen LogP contribution is 2.52. The van der Waals surface area contributed by atoms with Crippen LogP contribution in [0.4, 0.5) is 4.79 Å². The summed E-state index contributed by atoms with van der Waals surface area (Å²) >= 11 is 0. The lowest BCUT2D eigenvalue weighted by molar-refractivity contribution is -0.298. The molecule has 0 aromatic rings. The van der Waals surface area contributed by atoms with Gasteiger partial charge in [-0.1, -0.05) is 18.7 Å². The van der Waals surface area contributed by atoms with Crippen molar-refractivity contribution in [2.24, 2.45) is 16.6 Å². The van der Waals surface area contributed by atoms with Gasteiger partial charge in [0.1, 0.15) is 48.3 Å².